The van der Waals surface area contributed by atoms with Crippen LogP contribution in [0.3, 0.4) is 0 Å². The molecular weight excluding hydrogens is 353 g/mol. The van der Waals surface area contributed by atoms with Crippen molar-refractivity contribution in [2.75, 3.05) is 7.11 Å². The van der Waals surface area contributed by atoms with Crippen LogP contribution >= 0.6 is 0 Å². The highest BCUT2D eigenvalue weighted by atomic mass is 19.1. The van der Waals surface area contributed by atoms with Gasteiger partial charge >= 0.3 is 5.63 Å². The number of hydrogen-bond donors (Lipinski definition) is 0. The number of nitrogens with zero attached hydrogens (tertiary/aromatic N) is 3. The number of fused-ring (bicyclic) bond motifs is 1. The van der Waals surface area contributed by atoms with Gasteiger partial charge in [0.25, 0.3) is 0 Å². The molecular formula is C19H14FN3O4. The van der Waals surface area contributed by atoms with Gasteiger partial charge in [0.2, 0.25) is 0 Å². The molecule has 0 radical (unpaired) electrons. The van der Waals surface area contributed by atoms with E-state index in [-0.39, 0.29) is 12.4 Å². The number of halogens is 1. The maximum Gasteiger partial charge on any atom is 0.339 e. The number of methoxy groups -OCH3 is 1. The fourth-order valence-electron chi connectivity index (χ4n) is 2.64. The van der Waals surface area contributed by atoms with Gasteiger partial charge < -0.3 is 13.9 Å². The van der Waals surface area contributed by atoms with Crippen molar-refractivity contribution in [3.63, 3.8) is 0 Å². The summed E-state index contributed by atoms with van der Waals surface area (Å²) in [5.74, 6) is 0.0508. The molecule has 0 unspecified atom stereocenters. The first-order valence-corrected chi connectivity index (χ1v) is 8.05. The zero-order valence-electron chi connectivity index (χ0n) is 14.3. The second-order valence-corrected chi connectivity index (χ2v) is 5.69. The average molecular weight is 367 g/mol. The Hall–Kier alpha value is -3.68. The molecule has 2 aromatic carbocycles. The molecule has 4 aromatic rings. The van der Waals surface area contributed by atoms with Crippen LogP contribution in [0.2, 0.25) is 0 Å². The number of para-hydroxylation sites is 1. The normalized spacial score (nSPS) is 10.9. The molecule has 0 spiro atoms. The van der Waals surface area contributed by atoms with Crippen molar-refractivity contribution in [3.05, 3.63) is 76.7 Å². The predicted molar refractivity (Wildman–Crippen MR) is 94.7 cm³/mol. The van der Waals surface area contributed by atoms with Gasteiger partial charge in [-0.05, 0) is 24.3 Å². The molecule has 0 saturated carbocycles. The van der Waals surface area contributed by atoms with Crippen LogP contribution in [0.5, 0.6) is 11.5 Å². The van der Waals surface area contributed by atoms with Crippen molar-refractivity contribution in [3.8, 4) is 17.2 Å². The maximum absolute atomic E-state index is 13.8. The van der Waals surface area contributed by atoms with Gasteiger partial charge in [-0.3, -0.25) is 0 Å². The summed E-state index contributed by atoms with van der Waals surface area (Å²) in [7, 11) is 1.40. The zero-order valence-corrected chi connectivity index (χ0v) is 14.3. The molecule has 0 aliphatic heterocycles. The summed E-state index contributed by atoms with van der Waals surface area (Å²) in [5, 5.41) is 8.67. The fourth-order valence-corrected chi connectivity index (χ4v) is 2.64. The largest absolute Gasteiger partial charge is 0.494 e. The number of aromatic nitrogens is 3. The Morgan fingerprint density at radius 3 is 2.81 bits per heavy atom. The number of ether oxygens (including phenoxy) is 2. The van der Waals surface area contributed by atoms with Gasteiger partial charge in [-0.1, -0.05) is 17.3 Å². The Kier molecular flexibility index (Phi) is 4.29. The quantitative estimate of drug-likeness (QED) is 0.504. The molecule has 27 heavy (non-hydrogen) atoms. The standard InChI is InChI=1S/C19H14FN3O4/c1-25-17-7-6-13(8-15(17)20)23-10-12(21-22-23)11-26-18-9-19(24)27-16-5-3-2-4-14(16)18/h2-10H,11H2,1H3. The highest BCUT2D eigenvalue weighted by Crippen LogP contribution is 2.24. The van der Waals surface area contributed by atoms with Gasteiger partial charge in [-0.2, -0.15) is 0 Å². The van der Waals surface area contributed by atoms with E-state index in [1.54, 1.807) is 30.5 Å². The van der Waals surface area contributed by atoms with Gasteiger partial charge in [0.1, 0.15) is 23.6 Å². The minimum absolute atomic E-state index is 0.0894. The molecule has 7 nitrogen and oxygen atoms in total. The van der Waals surface area contributed by atoms with E-state index in [4.69, 9.17) is 13.9 Å². The van der Waals surface area contributed by atoms with Crippen molar-refractivity contribution in [1.82, 2.24) is 15.0 Å². The number of rotatable bonds is 5. The number of benzene rings is 2. The molecule has 2 heterocycles. The van der Waals surface area contributed by atoms with E-state index >= 15 is 0 Å². The van der Waals surface area contributed by atoms with Gasteiger partial charge in [-0.15, -0.1) is 5.10 Å². The lowest BCUT2D eigenvalue weighted by molar-refractivity contribution is 0.302. The molecule has 0 atom stereocenters. The van der Waals surface area contributed by atoms with Crippen LogP contribution in [0.15, 0.2) is 63.9 Å². The molecule has 136 valence electrons. The molecule has 0 fully saturated rings. The lowest BCUT2D eigenvalue weighted by atomic mass is 10.2. The van der Waals surface area contributed by atoms with Crippen molar-refractivity contribution < 1.29 is 18.3 Å². The van der Waals surface area contributed by atoms with E-state index in [9.17, 15) is 9.18 Å². The van der Waals surface area contributed by atoms with Crippen LogP contribution in [-0.4, -0.2) is 22.1 Å². The second kappa shape index (κ2) is 6.91. The van der Waals surface area contributed by atoms with E-state index in [1.807, 2.05) is 6.07 Å². The van der Waals surface area contributed by atoms with Crippen LogP contribution in [0.1, 0.15) is 5.69 Å². The van der Waals surface area contributed by atoms with E-state index < -0.39 is 11.4 Å². The van der Waals surface area contributed by atoms with Crippen molar-refractivity contribution in [2.45, 2.75) is 6.61 Å². The van der Waals surface area contributed by atoms with Gasteiger partial charge in [-0.25, -0.2) is 13.9 Å². The summed E-state index contributed by atoms with van der Waals surface area (Å²) >= 11 is 0. The van der Waals surface area contributed by atoms with Crippen molar-refractivity contribution in [2.24, 2.45) is 0 Å². The number of hydrogen-bond acceptors (Lipinski definition) is 6. The minimum Gasteiger partial charge on any atom is -0.494 e. The van der Waals surface area contributed by atoms with Crippen LogP contribution in [0.4, 0.5) is 4.39 Å². The summed E-state index contributed by atoms with van der Waals surface area (Å²) in [6.45, 7) is 0.0894. The summed E-state index contributed by atoms with van der Waals surface area (Å²) in [4.78, 5) is 11.7. The lowest BCUT2D eigenvalue weighted by Crippen LogP contribution is -2.02. The Morgan fingerprint density at radius 2 is 2.00 bits per heavy atom. The first-order chi connectivity index (χ1) is 13.1. The van der Waals surface area contributed by atoms with Crippen LogP contribution in [0.25, 0.3) is 16.7 Å². The van der Waals surface area contributed by atoms with Gasteiger partial charge in [0.05, 0.1) is 30.4 Å². The Balaban J connectivity index is 1.56. The third-order valence-corrected chi connectivity index (χ3v) is 3.93. The molecule has 0 aliphatic carbocycles. The Morgan fingerprint density at radius 1 is 1.15 bits per heavy atom. The molecule has 0 saturated heterocycles. The van der Waals surface area contributed by atoms with E-state index in [1.165, 1.54) is 30.0 Å². The Bertz CT molecular complexity index is 1170. The summed E-state index contributed by atoms with van der Waals surface area (Å²) in [5.41, 5.74) is 0.958. The first-order valence-electron chi connectivity index (χ1n) is 8.05. The highest BCUT2D eigenvalue weighted by molar-refractivity contribution is 5.82. The summed E-state index contributed by atoms with van der Waals surface area (Å²) < 4.78 is 31.0. The summed E-state index contributed by atoms with van der Waals surface area (Å²) in [6, 6.07) is 12.8. The van der Waals surface area contributed by atoms with Crippen molar-refractivity contribution >= 4 is 11.0 Å². The zero-order chi connectivity index (χ0) is 18.8. The Labute approximate surface area is 152 Å². The molecule has 4 rings (SSSR count). The van der Waals surface area contributed by atoms with E-state index in [0.29, 0.717) is 28.1 Å². The summed E-state index contributed by atoms with van der Waals surface area (Å²) in [6.07, 6.45) is 1.62. The predicted octanol–water partition coefficient (Wildman–Crippen LogP) is 3.10. The lowest BCUT2D eigenvalue weighted by Gasteiger charge is -2.06. The van der Waals surface area contributed by atoms with Gasteiger partial charge in [0, 0.05) is 6.07 Å². The van der Waals surface area contributed by atoms with Gasteiger partial charge in [0.15, 0.2) is 11.6 Å². The molecule has 0 bridgehead atoms. The highest BCUT2D eigenvalue weighted by Gasteiger charge is 2.10. The third-order valence-electron chi connectivity index (χ3n) is 3.93. The van der Waals surface area contributed by atoms with Crippen molar-refractivity contribution in [1.29, 1.82) is 0 Å². The average Bonchev–Trinajstić information content (AvgIpc) is 3.15. The third kappa shape index (κ3) is 3.37. The monoisotopic (exact) mass is 367 g/mol. The van der Waals surface area contributed by atoms with E-state index in [2.05, 4.69) is 10.3 Å². The first kappa shape index (κ1) is 16.8. The fraction of sp³-hybridized carbons (Fsp3) is 0.105. The van der Waals surface area contributed by atoms with Crippen LogP contribution in [-0.2, 0) is 6.61 Å². The molecule has 0 aliphatic rings. The maximum atomic E-state index is 13.8. The van der Waals surface area contributed by atoms with Crippen LogP contribution in [0, 0.1) is 5.82 Å². The smallest absolute Gasteiger partial charge is 0.339 e. The molecule has 0 N–H and O–H groups in total. The SMILES string of the molecule is COc1ccc(-n2cc(COc3cc(=O)oc4ccccc34)nn2)cc1F. The molecule has 0 amide bonds. The second-order valence-electron chi connectivity index (χ2n) is 5.69. The minimum atomic E-state index is -0.499. The van der Waals surface area contributed by atoms with E-state index in [0.717, 1.165) is 0 Å². The van der Waals surface area contributed by atoms with Crippen LogP contribution < -0.4 is 15.1 Å². The molecule has 8 heteroatoms. The topological polar surface area (TPSA) is 79.4 Å². The molecule has 2 aromatic heterocycles.